The van der Waals surface area contributed by atoms with Gasteiger partial charge in [0.1, 0.15) is 6.26 Å². The lowest BCUT2D eigenvalue weighted by Gasteiger charge is -2.11. The maximum atomic E-state index is 12.8. The summed E-state index contributed by atoms with van der Waals surface area (Å²) in [4.78, 5) is 4.28. The van der Waals surface area contributed by atoms with Crippen molar-refractivity contribution in [2.75, 3.05) is 0 Å². The van der Waals surface area contributed by atoms with E-state index in [1.807, 2.05) is 6.92 Å². The van der Waals surface area contributed by atoms with Crippen molar-refractivity contribution in [3.63, 3.8) is 0 Å². The molecule has 0 atom stereocenters. The van der Waals surface area contributed by atoms with Crippen LogP contribution in [0.2, 0.25) is 0 Å². The van der Waals surface area contributed by atoms with E-state index in [-0.39, 0.29) is 0 Å². The van der Waals surface area contributed by atoms with Gasteiger partial charge in [-0.25, -0.2) is 4.98 Å². The quantitative estimate of drug-likeness (QED) is 0.720. The fourth-order valence-electron chi connectivity index (χ4n) is 2.03. The minimum atomic E-state index is -2.25. The van der Waals surface area contributed by atoms with Crippen molar-refractivity contribution >= 4 is 12.8 Å². The molecule has 3 rings (SSSR count). The van der Waals surface area contributed by atoms with Gasteiger partial charge < -0.3 is 8.98 Å². The Balaban J connectivity index is 2.02. The summed E-state index contributed by atoms with van der Waals surface area (Å²) in [6, 6.07) is 0. The Bertz CT molecular complexity index is 388. The van der Waals surface area contributed by atoms with Gasteiger partial charge in [0.15, 0.2) is 7.14 Å². The van der Waals surface area contributed by atoms with E-state index < -0.39 is 7.14 Å². The highest BCUT2D eigenvalue weighted by molar-refractivity contribution is 7.72. The van der Waals surface area contributed by atoms with Gasteiger partial charge in [-0.1, -0.05) is 0 Å². The number of hydrogen-bond donors (Lipinski definition) is 0. The monoisotopic (exact) mass is 211 g/mol. The van der Waals surface area contributed by atoms with E-state index in [2.05, 4.69) is 4.98 Å². The summed E-state index contributed by atoms with van der Waals surface area (Å²) < 4.78 is 18.2. The molecule has 0 N–H and O–H groups in total. The minimum Gasteiger partial charge on any atom is -0.442 e. The SMILES string of the molecule is Cc1coc(P(=O)(C2CC2)C2CC2)n1. The second-order valence-electron chi connectivity index (χ2n) is 4.44. The van der Waals surface area contributed by atoms with Gasteiger partial charge in [0.25, 0.3) is 5.63 Å². The van der Waals surface area contributed by atoms with E-state index >= 15 is 0 Å². The van der Waals surface area contributed by atoms with Crippen molar-refractivity contribution in [3.8, 4) is 0 Å². The van der Waals surface area contributed by atoms with Gasteiger partial charge in [-0.3, -0.25) is 0 Å². The summed E-state index contributed by atoms with van der Waals surface area (Å²) in [7, 11) is -2.25. The van der Waals surface area contributed by atoms with Gasteiger partial charge in [0, 0.05) is 11.3 Å². The third-order valence-electron chi connectivity index (χ3n) is 3.08. The van der Waals surface area contributed by atoms with Crippen molar-refractivity contribution in [2.45, 2.75) is 43.9 Å². The molecule has 4 heteroatoms. The van der Waals surface area contributed by atoms with E-state index in [1.54, 1.807) is 6.26 Å². The Morgan fingerprint density at radius 3 is 2.29 bits per heavy atom. The molecule has 2 aliphatic carbocycles. The molecule has 2 fully saturated rings. The second-order valence-corrected chi connectivity index (χ2v) is 7.71. The van der Waals surface area contributed by atoms with Crippen molar-refractivity contribution in [3.05, 3.63) is 12.0 Å². The zero-order chi connectivity index (χ0) is 9.76. The molecule has 0 unspecified atom stereocenters. The molecule has 0 aromatic carbocycles. The highest BCUT2D eigenvalue weighted by atomic mass is 31.2. The second kappa shape index (κ2) is 2.73. The Labute approximate surface area is 83.3 Å². The molecular formula is C10H14NO2P. The molecule has 0 amide bonds. The predicted molar refractivity (Wildman–Crippen MR) is 54.5 cm³/mol. The van der Waals surface area contributed by atoms with Crippen molar-refractivity contribution in [2.24, 2.45) is 0 Å². The molecule has 2 aliphatic rings. The van der Waals surface area contributed by atoms with E-state index in [0.717, 1.165) is 31.4 Å². The average molecular weight is 211 g/mol. The van der Waals surface area contributed by atoms with E-state index in [0.29, 0.717) is 16.9 Å². The van der Waals surface area contributed by atoms with Crippen LogP contribution < -0.4 is 5.63 Å². The third kappa shape index (κ3) is 1.18. The van der Waals surface area contributed by atoms with Crippen molar-refractivity contribution in [1.29, 1.82) is 0 Å². The number of oxazole rings is 1. The van der Waals surface area contributed by atoms with Crippen LogP contribution in [0.3, 0.4) is 0 Å². The first-order valence-electron chi connectivity index (χ1n) is 5.23. The van der Waals surface area contributed by atoms with Crippen LogP contribution in [0.5, 0.6) is 0 Å². The third-order valence-corrected chi connectivity index (χ3v) is 7.09. The first kappa shape index (κ1) is 8.72. The minimum absolute atomic E-state index is 0.396. The summed E-state index contributed by atoms with van der Waals surface area (Å²) in [6.45, 7) is 1.89. The molecular weight excluding hydrogens is 197 g/mol. The van der Waals surface area contributed by atoms with Crippen LogP contribution in [0.25, 0.3) is 0 Å². The van der Waals surface area contributed by atoms with Gasteiger partial charge in [0.05, 0.1) is 5.69 Å². The molecule has 3 nitrogen and oxygen atoms in total. The zero-order valence-electron chi connectivity index (χ0n) is 8.27. The van der Waals surface area contributed by atoms with Gasteiger partial charge in [0.2, 0.25) is 0 Å². The summed E-state index contributed by atoms with van der Waals surface area (Å²) in [6.07, 6.45) is 6.04. The highest BCUT2D eigenvalue weighted by Gasteiger charge is 2.54. The lowest BCUT2D eigenvalue weighted by molar-refractivity contribution is 0.551. The summed E-state index contributed by atoms with van der Waals surface area (Å²) in [5, 5.41) is 0. The molecule has 0 spiro atoms. The van der Waals surface area contributed by atoms with Gasteiger partial charge in [-0.15, -0.1) is 0 Å². The lowest BCUT2D eigenvalue weighted by Crippen LogP contribution is -2.13. The molecule has 2 saturated carbocycles. The average Bonchev–Trinajstić information content (AvgIpc) is 3.01. The van der Waals surface area contributed by atoms with Crippen LogP contribution in [-0.2, 0) is 4.57 Å². The zero-order valence-corrected chi connectivity index (χ0v) is 9.17. The van der Waals surface area contributed by atoms with Gasteiger partial charge in [-0.05, 0) is 32.6 Å². The molecule has 76 valence electrons. The first-order chi connectivity index (χ1) is 6.71. The van der Waals surface area contributed by atoms with Crippen LogP contribution in [0, 0.1) is 6.92 Å². The fourth-order valence-corrected chi connectivity index (χ4v) is 5.61. The Hall–Kier alpha value is -0.560. The van der Waals surface area contributed by atoms with Crippen LogP contribution in [0.4, 0.5) is 0 Å². The Kier molecular flexibility index (Phi) is 1.70. The smallest absolute Gasteiger partial charge is 0.255 e. The first-order valence-corrected chi connectivity index (χ1v) is 7.08. The summed E-state index contributed by atoms with van der Waals surface area (Å²) in [5.74, 6) is 0. The topological polar surface area (TPSA) is 43.1 Å². The largest absolute Gasteiger partial charge is 0.442 e. The lowest BCUT2D eigenvalue weighted by atomic mass is 10.6. The van der Waals surface area contributed by atoms with E-state index in [4.69, 9.17) is 4.42 Å². The molecule has 1 aromatic heterocycles. The van der Waals surface area contributed by atoms with Crippen LogP contribution in [0.15, 0.2) is 10.7 Å². The molecule has 1 heterocycles. The maximum absolute atomic E-state index is 12.8. The number of rotatable bonds is 3. The normalized spacial score (nSPS) is 22.6. The Morgan fingerprint density at radius 2 is 1.93 bits per heavy atom. The van der Waals surface area contributed by atoms with Gasteiger partial charge in [-0.2, -0.15) is 0 Å². The molecule has 14 heavy (non-hydrogen) atoms. The Morgan fingerprint density at radius 1 is 1.36 bits per heavy atom. The highest BCUT2D eigenvalue weighted by Crippen LogP contribution is 2.69. The van der Waals surface area contributed by atoms with Crippen molar-refractivity contribution < 1.29 is 8.98 Å². The fraction of sp³-hybridized carbons (Fsp3) is 0.700. The summed E-state index contributed by atoms with van der Waals surface area (Å²) in [5.41, 5.74) is 2.20. The van der Waals surface area contributed by atoms with Crippen LogP contribution in [-0.4, -0.2) is 16.3 Å². The molecule has 0 bridgehead atoms. The number of nitrogens with zero attached hydrogens (tertiary/aromatic N) is 1. The molecule has 1 aromatic rings. The number of aryl methyl sites for hydroxylation is 1. The van der Waals surface area contributed by atoms with Crippen LogP contribution >= 0.6 is 7.14 Å². The predicted octanol–water partition coefficient (Wildman–Crippen LogP) is 2.30. The number of hydrogen-bond acceptors (Lipinski definition) is 3. The molecule has 0 radical (unpaired) electrons. The number of aromatic nitrogens is 1. The van der Waals surface area contributed by atoms with E-state index in [9.17, 15) is 4.57 Å². The van der Waals surface area contributed by atoms with Crippen molar-refractivity contribution in [1.82, 2.24) is 4.98 Å². The maximum Gasteiger partial charge on any atom is 0.255 e. The van der Waals surface area contributed by atoms with E-state index in [1.165, 1.54) is 0 Å². The molecule has 0 saturated heterocycles. The van der Waals surface area contributed by atoms with Crippen LogP contribution in [0.1, 0.15) is 31.4 Å². The summed E-state index contributed by atoms with van der Waals surface area (Å²) >= 11 is 0. The molecule has 0 aliphatic heterocycles. The van der Waals surface area contributed by atoms with Gasteiger partial charge >= 0.3 is 0 Å². The standard InChI is InChI=1S/C10H14NO2P/c1-7-6-13-10(11-7)14(12,8-2-3-8)9-4-5-9/h6,8-9H,2-5H2,1H3.